The Hall–Kier alpha value is -2.19. The van der Waals surface area contributed by atoms with E-state index in [1.807, 2.05) is 25.2 Å². The predicted molar refractivity (Wildman–Crippen MR) is 93.5 cm³/mol. The Labute approximate surface area is 146 Å². The summed E-state index contributed by atoms with van der Waals surface area (Å²) in [4.78, 5) is 17.0. The van der Waals surface area contributed by atoms with Crippen LogP contribution in [0.1, 0.15) is 10.4 Å². The Morgan fingerprint density at radius 3 is 2.64 bits per heavy atom. The first-order valence-corrected chi connectivity index (χ1v) is 10.1. The van der Waals surface area contributed by atoms with E-state index in [1.165, 1.54) is 0 Å². The van der Waals surface area contributed by atoms with Gasteiger partial charge in [-0.15, -0.1) is 0 Å². The highest BCUT2D eigenvalue weighted by Gasteiger charge is 2.47. The number of hydrogen-bond donors (Lipinski definition) is 0. The fraction of sp³-hybridized carbons (Fsp3) is 0.412. The van der Waals surface area contributed by atoms with Crippen molar-refractivity contribution >= 4 is 15.7 Å². The first-order chi connectivity index (χ1) is 12.0. The van der Waals surface area contributed by atoms with Crippen LogP contribution in [0.3, 0.4) is 0 Å². The molecule has 0 unspecified atom stereocenters. The molecule has 0 N–H and O–H groups in total. The van der Waals surface area contributed by atoms with Crippen molar-refractivity contribution in [3.05, 3.63) is 48.3 Å². The Bertz CT molecular complexity index is 894. The molecule has 7 nitrogen and oxygen atoms in total. The van der Waals surface area contributed by atoms with Gasteiger partial charge in [-0.05, 0) is 25.2 Å². The third-order valence-electron chi connectivity index (χ3n) is 5.10. The van der Waals surface area contributed by atoms with Gasteiger partial charge in [-0.3, -0.25) is 9.69 Å². The summed E-state index contributed by atoms with van der Waals surface area (Å²) in [5, 5.41) is 4.22. The predicted octanol–water partition coefficient (Wildman–Crippen LogP) is 0.426. The number of nitrogens with zero attached hydrogens (tertiary/aromatic N) is 4. The van der Waals surface area contributed by atoms with Crippen molar-refractivity contribution in [3.8, 4) is 5.69 Å². The second-order valence-corrected chi connectivity index (χ2v) is 8.81. The number of fused-ring (bicyclic) bond motifs is 1. The van der Waals surface area contributed by atoms with E-state index in [9.17, 15) is 13.2 Å². The van der Waals surface area contributed by atoms with Gasteiger partial charge >= 0.3 is 0 Å². The van der Waals surface area contributed by atoms with Gasteiger partial charge in [0.15, 0.2) is 9.84 Å². The topological polar surface area (TPSA) is 75.5 Å². The van der Waals surface area contributed by atoms with Gasteiger partial charge in [0, 0.05) is 31.5 Å². The molecule has 1 aromatic carbocycles. The summed E-state index contributed by atoms with van der Waals surface area (Å²) in [6.45, 7) is 1.20. The van der Waals surface area contributed by atoms with Gasteiger partial charge in [-0.25, -0.2) is 13.1 Å². The lowest BCUT2D eigenvalue weighted by molar-refractivity contribution is 0.0410. The molecule has 4 rings (SSSR count). The molecule has 0 aliphatic carbocycles. The van der Waals surface area contributed by atoms with E-state index in [1.54, 1.807) is 34.1 Å². The van der Waals surface area contributed by atoms with Crippen LogP contribution in [-0.4, -0.2) is 77.6 Å². The maximum absolute atomic E-state index is 13.2. The molecular formula is C17H20N4O3S. The largest absolute Gasteiger partial charge is 0.332 e. The molecule has 0 spiro atoms. The number of hydrogen-bond acceptors (Lipinski definition) is 5. The maximum Gasteiger partial charge on any atom is 0.256 e. The third-order valence-corrected chi connectivity index (χ3v) is 6.80. The molecule has 2 aliphatic rings. The number of carbonyl (C=O) groups excluding carboxylic acids is 1. The fourth-order valence-electron chi connectivity index (χ4n) is 3.80. The Morgan fingerprint density at radius 1 is 1.12 bits per heavy atom. The summed E-state index contributed by atoms with van der Waals surface area (Å²) in [6.07, 6.45) is 3.45. The van der Waals surface area contributed by atoms with Crippen molar-refractivity contribution in [1.29, 1.82) is 0 Å². The summed E-state index contributed by atoms with van der Waals surface area (Å²) in [5.41, 5.74) is 1.24. The Morgan fingerprint density at radius 2 is 1.88 bits per heavy atom. The number of aromatic nitrogens is 2. The number of piperazine rings is 1. The van der Waals surface area contributed by atoms with Gasteiger partial charge in [0.1, 0.15) is 0 Å². The average molecular weight is 360 g/mol. The van der Waals surface area contributed by atoms with Crippen LogP contribution in [0.15, 0.2) is 42.7 Å². The Balaban J connectivity index is 1.70. The van der Waals surface area contributed by atoms with Crippen LogP contribution < -0.4 is 0 Å². The summed E-state index contributed by atoms with van der Waals surface area (Å²) >= 11 is 0. The zero-order valence-electron chi connectivity index (χ0n) is 13.9. The van der Waals surface area contributed by atoms with Crippen molar-refractivity contribution in [2.75, 3.05) is 31.6 Å². The van der Waals surface area contributed by atoms with Crippen LogP contribution in [0.25, 0.3) is 5.69 Å². The van der Waals surface area contributed by atoms with E-state index >= 15 is 0 Å². The lowest BCUT2D eigenvalue weighted by atomic mass is 10.0. The molecule has 0 saturated carbocycles. The van der Waals surface area contributed by atoms with Crippen LogP contribution in [0.5, 0.6) is 0 Å². The summed E-state index contributed by atoms with van der Waals surface area (Å²) in [5.74, 6) is 0.0301. The monoisotopic (exact) mass is 360 g/mol. The van der Waals surface area contributed by atoms with E-state index in [2.05, 4.69) is 10.00 Å². The van der Waals surface area contributed by atoms with Crippen LogP contribution in [-0.2, 0) is 9.84 Å². The molecular weight excluding hydrogens is 340 g/mol. The molecule has 1 amide bonds. The highest BCUT2D eigenvalue weighted by atomic mass is 32.2. The zero-order valence-corrected chi connectivity index (χ0v) is 14.8. The molecule has 2 aromatic rings. The van der Waals surface area contributed by atoms with Gasteiger partial charge in [0.25, 0.3) is 5.91 Å². The lowest BCUT2D eigenvalue weighted by Gasteiger charge is -2.42. The zero-order chi connectivity index (χ0) is 17.6. The molecule has 8 heteroatoms. The minimum absolute atomic E-state index is 0.0394. The van der Waals surface area contributed by atoms with Crippen LogP contribution in [0.2, 0.25) is 0 Å². The third kappa shape index (κ3) is 2.85. The van der Waals surface area contributed by atoms with Gasteiger partial charge in [-0.2, -0.15) is 5.10 Å². The van der Waals surface area contributed by atoms with E-state index in [-0.39, 0.29) is 29.5 Å². The average Bonchev–Trinajstić information content (AvgIpc) is 3.22. The summed E-state index contributed by atoms with van der Waals surface area (Å²) < 4.78 is 25.9. The molecule has 2 atom stereocenters. The molecule has 0 radical (unpaired) electrons. The highest BCUT2D eigenvalue weighted by molar-refractivity contribution is 7.91. The van der Waals surface area contributed by atoms with Gasteiger partial charge in [-0.1, -0.05) is 12.1 Å². The van der Waals surface area contributed by atoms with E-state index in [4.69, 9.17) is 0 Å². The number of benzene rings is 1. The van der Waals surface area contributed by atoms with Crippen molar-refractivity contribution < 1.29 is 13.2 Å². The number of sulfone groups is 1. The number of rotatable bonds is 2. The van der Waals surface area contributed by atoms with Crippen molar-refractivity contribution in [3.63, 3.8) is 0 Å². The number of para-hydroxylation sites is 1. The van der Waals surface area contributed by atoms with E-state index in [0.717, 1.165) is 0 Å². The quantitative estimate of drug-likeness (QED) is 0.776. The first kappa shape index (κ1) is 16.3. The first-order valence-electron chi connectivity index (χ1n) is 8.27. The Kier molecular flexibility index (Phi) is 3.88. The molecule has 1 aromatic heterocycles. The SMILES string of the molecule is CN1CCN(C(=O)c2ccccc2-n2cccn2)[C@H]2CS(=O)(=O)C[C@H]21. The summed E-state index contributed by atoms with van der Waals surface area (Å²) in [6, 6.07) is 8.69. The van der Waals surface area contributed by atoms with Gasteiger partial charge in [0.05, 0.1) is 28.8 Å². The molecule has 2 aliphatic heterocycles. The van der Waals surface area contributed by atoms with Crippen molar-refractivity contribution in [2.24, 2.45) is 0 Å². The normalized spacial score (nSPS) is 25.7. The second kappa shape index (κ2) is 5.96. The number of amides is 1. The van der Waals surface area contributed by atoms with E-state index < -0.39 is 9.84 Å². The molecule has 3 heterocycles. The number of likely N-dealkylation sites (N-methyl/N-ethyl adjacent to an activating group) is 1. The van der Waals surface area contributed by atoms with Crippen LogP contribution >= 0.6 is 0 Å². The van der Waals surface area contributed by atoms with Crippen molar-refractivity contribution in [2.45, 2.75) is 12.1 Å². The van der Waals surface area contributed by atoms with Gasteiger partial charge in [0.2, 0.25) is 0 Å². The molecule has 2 saturated heterocycles. The second-order valence-electron chi connectivity index (χ2n) is 6.66. The minimum atomic E-state index is -3.12. The lowest BCUT2D eigenvalue weighted by Crippen LogP contribution is -2.59. The molecule has 2 fully saturated rings. The van der Waals surface area contributed by atoms with Gasteiger partial charge < -0.3 is 4.90 Å². The van der Waals surface area contributed by atoms with Crippen LogP contribution in [0, 0.1) is 0 Å². The minimum Gasteiger partial charge on any atom is -0.332 e. The van der Waals surface area contributed by atoms with Crippen molar-refractivity contribution in [1.82, 2.24) is 19.6 Å². The molecule has 132 valence electrons. The van der Waals surface area contributed by atoms with E-state index in [0.29, 0.717) is 24.3 Å². The maximum atomic E-state index is 13.2. The summed E-state index contributed by atoms with van der Waals surface area (Å²) in [7, 11) is -1.19. The standard InChI is InChI=1S/C17H20N4O3S/c1-19-9-10-20(16-12-25(23,24)11-15(16)19)17(22)13-5-2-3-6-14(13)21-8-4-7-18-21/h2-8,15-16H,9-12H2,1H3/t15-,16+/m1/s1. The highest BCUT2D eigenvalue weighted by Crippen LogP contribution is 2.28. The number of carbonyl (C=O) groups is 1. The van der Waals surface area contributed by atoms with Crippen LogP contribution in [0.4, 0.5) is 0 Å². The molecule has 0 bridgehead atoms. The molecule has 25 heavy (non-hydrogen) atoms. The fourth-order valence-corrected chi connectivity index (χ4v) is 5.85. The smallest absolute Gasteiger partial charge is 0.256 e.